The van der Waals surface area contributed by atoms with Crippen LogP contribution in [0.25, 0.3) is 0 Å². The van der Waals surface area contributed by atoms with Gasteiger partial charge in [-0.15, -0.1) is 0 Å². The lowest BCUT2D eigenvalue weighted by Crippen LogP contribution is -2.58. The molecule has 2 aliphatic heterocycles. The summed E-state index contributed by atoms with van der Waals surface area (Å²) in [7, 11) is 1.63. The SMILES string of the molecule is COc1c(C)cnc(CN2C(=O)N(Cc3cccc(C)c3)C(=O)C3NSC=C32)c1C. The standard InChI is InChI=1S/C22H24N4O3S/c1-13-6-5-7-16(8-13)10-26-21(27)19-18(12-30-24-19)25(22(26)28)11-17-15(3)20(29-4)14(2)9-23-17/h5-9,12,19,24H,10-11H2,1-4H3. The number of nitrogens with one attached hydrogen (secondary N) is 1. The number of methoxy groups -OCH3 is 1. The number of urea groups is 1. The van der Waals surface area contributed by atoms with E-state index in [4.69, 9.17) is 4.74 Å². The van der Waals surface area contributed by atoms with Crippen LogP contribution in [0.15, 0.2) is 41.6 Å². The van der Waals surface area contributed by atoms with E-state index < -0.39 is 6.04 Å². The third kappa shape index (κ3) is 3.57. The number of carbonyl (C=O) groups excluding carboxylic acids is 2. The lowest BCUT2D eigenvalue weighted by molar-refractivity contribution is -0.132. The number of hydrogen-bond acceptors (Lipinski definition) is 6. The maximum atomic E-state index is 13.4. The summed E-state index contributed by atoms with van der Waals surface area (Å²) in [5, 5.41) is 1.82. The van der Waals surface area contributed by atoms with Gasteiger partial charge in [-0.3, -0.25) is 19.6 Å². The summed E-state index contributed by atoms with van der Waals surface area (Å²) in [4.78, 5) is 33.9. The van der Waals surface area contributed by atoms with E-state index >= 15 is 0 Å². The summed E-state index contributed by atoms with van der Waals surface area (Å²) in [5.41, 5.74) is 5.24. The van der Waals surface area contributed by atoms with Gasteiger partial charge in [0.25, 0.3) is 5.91 Å². The first-order valence-electron chi connectivity index (χ1n) is 9.69. The first-order chi connectivity index (χ1) is 14.4. The van der Waals surface area contributed by atoms with Crippen molar-refractivity contribution in [3.05, 3.63) is 69.5 Å². The molecule has 156 valence electrons. The maximum absolute atomic E-state index is 13.4. The van der Waals surface area contributed by atoms with Crippen molar-refractivity contribution < 1.29 is 14.3 Å². The molecule has 7 nitrogen and oxygen atoms in total. The average Bonchev–Trinajstić information content (AvgIpc) is 3.20. The highest BCUT2D eigenvalue weighted by molar-refractivity contribution is 8.00. The molecule has 0 spiro atoms. The van der Waals surface area contributed by atoms with Crippen LogP contribution < -0.4 is 9.46 Å². The molecule has 0 aliphatic carbocycles. The smallest absolute Gasteiger partial charge is 0.331 e. The number of nitrogens with zero attached hydrogens (tertiary/aromatic N) is 3. The van der Waals surface area contributed by atoms with Crippen LogP contribution in [0.2, 0.25) is 0 Å². The topological polar surface area (TPSA) is 74.8 Å². The summed E-state index contributed by atoms with van der Waals surface area (Å²) in [6.07, 6.45) is 1.75. The average molecular weight is 425 g/mol. The fourth-order valence-corrected chi connectivity index (χ4v) is 4.68. The van der Waals surface area contributed by atoms with Gasteiger partial charge >= 0.3 is 6.03 Å². The number of aromatic nitrogens is 1. The van der Waals surface area contributed by atoms with Crippen molar-refractivity contribution in [3.63, 3.8) is 0 Å². The number of pyridine rings is 1. The zero-order chi connectivity index (χ0) is 21.4. The van der Waals surface area contributed by atoms with E-state index in [1.807, 2.05) is 50.4 Å². The van der Waals surface area contributed by atoms with Gasteiger partial charge in [0.05, 0.1) is 31.6 Å². The van der Waals surface area contributed by atoms with Gasteiger partial charge in [-0.25, -0.2) is 9.52 Å². The molecule has 1 saturated heterocycles. The lowest BCUT2D eigenvalue weighted by atomic mass is 10.1. The van der Waals surface area contributed by atoms with Crippen LogP contribution in [-0.2, 0) is 17.9 Å². The molecule has 1 aromatic heterocycles. The summed E-state index contributed by atoms with van der Waals surface area (Å²) in [6.45, 7) is 6.36. The second kappa shape index (κ2) is 8.12. The van der Waals surface area contributed by atoms with Gasteiger partial charge < -0.3 is 4.74 Å². The van der Waals surface area contributed by atoms with Crippen LogP contribution in [0.3, 0.4) is 0 Å². The Kier molecular flexibility index (Phi) is 5.53. The molecular weight excluding hydrogens is 400 g/mol. The van der Waals surface area contributed by atoms with Crippen molar-refractivity contribution in [1.82, 2.24) is 19.5 Å². The largest absolute Gasteiger partial charge is 0.496 e. The van der Waals surface area contributed by atoms with Gasteiger partial charge in [0, 0.05) is 22.7 Å². The Morgan fingerprint density at radius 1 is 1.17 bits per heavy atom. The Hall–Kier alpha value is -2.84. The number of benzene rings is 1. The Bertz CT molecular complexity index is 1050. The number of carbonyl (C=O) groups is 2. The monoisotopic (exact) mass is 424 g/mol. The summed E-state index contributed by atoms with van der Waals surface area (Å²) >= 11 is 1.33. The fraction of sp³-hybridized carbons (Fsp3) is 0.318. The third-order valence-electron chi connectivity index (χ3n) is 5.43. The number of rotatable bonds is 5. The van der Waals surface area contributed by atoms with Crippen molar-refractivity contribution >= 4 is 23.9 Å². The van der Waals surface area contributed by atoms with Gasteiger partial charge in [-0.2, -0.15) is 0 Å². The molecule has 0 bridgehead atoms. The predicted molar refractivity (Wildman–Crippen MR) is 116 cm³/mol. The van der Waals surface area contributed by atoms with Crippen molar-refractivity contribution in [2.75, 3.05) is 7.11 Å². The van der Waals surface area contributed by atoms with Crippen LogP contribution in [0.4, 0.5) is 4.79 Å². The molecule has 1 N–H and O–H groups in total. The molecule has 1 fully saturated rings. The molecular formula is C22H24N4O3S. The summed E-state index contributed by atoms with van der Waals surface area (Å²) < 4.78 is 8.62. The van der Waals surface area contributed by atoms with E-state index in [9.17, 15) is 9.59 Å². The van der Waals surface area contributed by atoms with E-state index in [0.717, 1.165) is 33.7 Å². The number of imide groups is 1. The number of hydrogen-bond donors (Lipinski definition) is 1. The number of amides is 3. The summed E-state index contributed by atoms with van der Waals surface area (Å²) in [6, 6.07) is 6.95. The Morgan fingerprint density at radius 2 is 1.97 bits per heavy atom. The Balaban J connectivity index is 1.67. The van der Waals surface area contributed by atoms with Crippen LogP contribution in [0.1, 0.15) is 27.9 Å². The van der Waals surface area contributed by atoms with Crippen molar-refractivity contribution in [2.45, 2.75) is 39.9 Å². The Labute approximate surface area is 180 Å². The minimum absolute atomic E-state index is 0.232. The fourth-order valence-electron chi connectivity index (χ4n) is 3.87. The zero-order valence-electron chi connectivity index (χ0n) is 17.4. The maximum Gasteiger partial charge on any atom is 0.331 e. The minimum Gasteiger partial charge on any atom is -0.496 e. The number of fused-ring (bicyclic) bond motifs is 1. The first kappa shape index (κ1) is 20.4. The molecule has 8 heteroatoms. The second-order valence-electron chi connectivity index (χ2n) is 7.54. The first-order valence-corrected chi connectivity index (χ1v) is 10.6. The van der Waals surface area contributed by atoms with Crippen LogP contribution in [0.5, 0.6) is 5.75 Å². The highest BCUT2D eigenvalue weighted by atomic mass is 32.2. The third-order valence-corrected chi connectivity index (χ3v) is 6.16. The molecule has 1 unspecified atom stereocenters. The highest BCUT2D eigenvalue weighted by Crippen LogP contribution is 2.33. The minimum atomic E-state index is -0.551. The second-order valence-corrected chi connectivity index (χ2v) is 8.25. The molecule has 30 heavy (non-hydrogen) atoms. The van der Waals surface area contributed by atoms with E-state index in [0.29, 0.717) is 5.70 Å². The van der Waals surface area contributed by atoms with Gasteiger partial charge in [0.1, 0.15) is 11.8 Å². The van der Waals surface area contributed by atoms with Crippen molar-refractivity contribution in [2.24, 2.45) is 0 Å². The molecule has 1 aromatic carbocycles. The van der Waals surface area contributed by atoms with Gasteiger partial charge in [-0.05, 0) is 26.3 Å². The highest BCUT2D eigenvalue weighted by Gasteiger charge is 2.45. The molecule has 1 atom stereocenters. The normalized spacial score (nSPS) is 18.5. The van der Waals surface area contributed by atoms with Crippen LogP contribution >= 0.6 is 11.9 Å². The summed E-state index contributed by atoms with van der Waals surface area (Å²) in [5.74, 6) is 0.529. The lowest BCUT2D eigenvalue weighted by Gasteiger charge is -2.38. The predicted octanol–water partition coefficient (Wildman–Crippen LogP) is 3.44. The van der Waals surface area contributed by atoms with Crippen LogP contribution in [0, 0.1) is 20.8 Å². The van der Waals surface area contributed by atoms with E-state index in [1.165, 1.54) is 16.8 Å². The number of aryl methyl sites for hydroxylation is 2. The number of ether oxygens (including phenoxy) is 1. The molecule has 3 amide bonds. The molecule has 2 aromatic rings. The zero-order valence-corrected chi connectivity index (χ0v) is 18.2. The molecule has 0 radical (unpaired) electrons. The van der Waals surface area contributed by atoms with E-state index in [-0.39, 0.29) is 25.0 Å². The molecule has 3 heterocycles. The quantitative estimate of drug-likeness (QED) is 0.741. The van der Waals surface area contributed by atoms with Gasteiger partial charge in [-0.1, -0.05) is 41.8 Å². The van der Waals surface area contributed by atoms with Crippen molar-refractivity contribution in [1.29, 1.82) is 0 Å². The molecule has 2 aliphatic rings. The van der Waals surface area contributed by atoms with Crippen LogP contribution in [-0.4, -0.2) is 39.9 Å². The molecule has 0 saturated carbocycles. The molecule has 4 rings (SSSR count). The van der Waals surface area contributed by atoms with Gasteiger partial charge in [0.2, 0.25) is 0 Å². The van der Waals surface area contributed by atoms with Gasteiger partial charge in [0.15, 0.2) is 0 Å². The van der Waals surface area contributed by atoms with Crippen molar-refractivity contribution in [3.8, 4) is 5.75 Å². The Morgan fingerprint density at radius 3 is 2.70 bits per heavy atom. The van der Waals surface area contributed by atoms with E-state index in [2.05, 4.69) is 9.71 Å². The van der Waals surface area contributed by atoms with E-state index in [1.54, 1.807) is 18.2 Å².